The van der Waals surface area contributed by atoms with E-state index < -0.39 is 17.7 Å². The van der Waals surface area contributed by atoms with Crippen molar-refractivity contribution in [3.63, 3.8) is 0 Å². The predicted molar refractivity (Wildman–Crippen MR) is 77.1 cm³/mol. The number of carbonyl (C=O) groups is 2. The fourth-order valence-corrected chi connectivity index (χ4v) is 1.73. The number of methoxy groups -OCH3 is 1. The maximum Gasteiger partial charge on any atom is 0.392 e. The average Bonchev–Trinajstić information content (AvgIpc) is 2.55. The zero-order valence-electron chi connectivity index (χ0n) is 12.2. The lowest BCUT2D eigenvalue weighted by atomic mass is 10.2. The molecule has 2 aromatic rings. The van der Waals surface area contributed by atoms with Crippen LogP contribution in [0.2, 0.25) is 0 Å². The Morgan fingerprint density at radius 3 is 2.27 bits per heavy atom. The molecule has 0 radical (unpaired) electrons. The molecule has 6 heteroatoms. The van der Waals surface area contributed by atoms with Gasteiger partial charge in [-0.25, -0.2) is 9.59 Å². The number of hydrogen-bond acceptors (Lipinski definition) is 6. The van der Waals surface area contributed by atoms with Gasteiger partial charge in [0.2, 0.25) is 0 Å². The quantitative estimate of drug-likeness (QED) is 0.622. The second-order valence-corrected chi connectivity index (χ2v) is 4.48. The third kappa shape index (κ3) is 3.60. The summed E-state index contributed by atoms with van der Waals surface area (Å²) in [6, 6.07) is 11.5. The van der Waals surface area contributed by atoms with E-state index in [2.05, 4.69) is 9.72 Å². The minimum absolute atomic E-state index is 0.252. The van der Waals surface area contributed by atoms with E-state index in [4.69, 9.17) is 9.47 Å². The summed E-state index contributed by atoms with van der Waals surface area (Å²) in [4.78, 5) is 27.9. The molecule has 1 atom stereocenters. The molecule has 1 aromatic heterocycles. The zero-order valence-corrected chi connectivity index (χ0v) is 12.2. The van der Waals surface area contributed by atoms with Crippen LogP contribution in [0.1, 0.15) is 17.3 Å². The number of carbonyl (C=O) groups excluding carboxylic acids is 2. The Bertz CT molecular complexity index is 644. The highest BCUT2D eigenvalue weighted by atomic mass is 16.7. The van der Waals surface area contributed by atoms with Gasteiger partial charge in [-0.3, -0.25) is 4.98 Å². The summed E-state index contributed by atoms with van der Waals surface area (Å²) in [5.41, 5.74) is 0.252. The van der Waals surface area contributed by atoms with Gasteiger partial charge in [-0.1, -0.05) is 18.2 Å². The molecule has 0 saturated heterocycles. The van der Waals surface area contributed by atoms with Gasteiger partial charge in [-0.2, -0.15) is 0 Å². The molecular weight excluding hydrogens is 286 g/mol. The number of pyridine rings is 1. The standard InChI is InChI=1S/C16H15NO5/c1-16(15(19)20-2,21-13-6-4-3-5-7-13)22-14(18)12-8-10-17-11-9-12/h3-11H,1-2H3. The number of ether oxygens (including phenoxy) is 3. The maximum absolute atomic E-state index is 12.1. The second-order valence-electron chi connectivity index (χ2n) is 4.48. The number of aromatic nitrogens is 1. The molecule has 0 fully saturated rings. The largest absolute Gasteiger partial charge is 0.463 e. The molecule has 2 rings (SSSR count). The molecule has 1 unspecified atom stereocenters. The molecule has 22 heavy (non-hydrogen) atoms. The molecule has 0 amide bonds. The highest BCUT2D eigenvalue weighted by Gasteiger charge is 2.42. The number of benzene rings is 1. The van der Waals surface area contributed by atoms with E-state index in [0.29, 0.717) is 5.75 Å². The van der Waals surface area contributed by atoms with Crippen molar-refractivity contribution in [3.8, 4) is 5.75 Å². The van der Waals surface area contributed by atoms with Crippen molar-refractivity contribution in [3.05, 3.63) is 60.4 Å². The Balaban J connectivity index is 2.22. The Labute approximate surface area is 127 Å². The lowest BCUT2D eigenvalue weighted by Gasteiger charge is -2.27. The topological polar surface area (TPSA) is 74.7 Å². The molecule has 0 aliphatic rings. The van der Waals surface area contributed by atoms with Gasteiger partial charge < -0.3 is 14.2 Å². The van der Waals surface area contributed by atoms with Gasteiger partial charge in [-0.15, -0.1) is 0 Å². The van der Waals surface area contributed by atoms with Gasteiger partial charge in [0.05, 0.1) is 12.7 Å². The normalized spacial score (nSPS) is 12.8. The van der Waals surface area contributed by atoms with Gasteiger partial charge in [0, 0.05) is 19.3 Å². The third-order valence-corrected chi connectivity index (χ3v) is 2.82. The summed E-state index contributed by atoms with van der Waals surface area (Å²) in [7, 11) is 1.19. The van der Waals surface area contributed by atoms with E-state index in [9.17, 15) is 9.59 Å². The Morgan fingerprint density at radius 2 is 1.68 bits per heavy atom. The molecule has 1 heterocycles. The number of hydrogen-bond donors (Lipinski definition) is 0. The minimum atomic E-state index is -1.89. The number of nitrogens with zero attached hydrogens (tertiary/aromatic N) is 1. The summed E-state index contributed by atoms with van der Waals surface area (Å²) < 4.78 is 15.4. The first-order valence-electron chi connectivity index (χ1n) is 6.51. The molecule has 0 N–H and O–H groups in total. The van der Waals surface area contributed by atoms with Crippen LogP contribution in [-0.4, -0.2) is 29.8 Å². The molecule has 0 aliphatic carbocycles. The van der Waals surface area contributed by atoms with Crippen LogP contribution < -0.4 is 4.74 Å². The van der Waals surface area contributed by atoms with Crippen LogP contribution >= 0.6 is 0 Å². The van der Waals surface area contributed by atoms with Crippen molar-refractivity contribution in [2.75, 3.05) is 7.11 Å². The van der Waals surface area contributed by atoms with Crippen LogP contribution in [0.25, 0.3) is 0 Å². The monoisotopic (exact) mass is 301 g/mol. The first-order chi connectivity index (χ1) is 10.5. The third-order valence-electron chi connectivity index (χ3n) is 2.82. The minimum Gasteiger partial charge on any atom is -0.463 e. The fourth-order valence-electron chi connectivity index (χ4n) is 1.73. The molecule has 0 bridgehead atoms. The van der Waals surface area contributed by atoms with Crippen LogP contribution in [0, 0.1) is 0 Å². The molecule has 0 aliphatic heterocycles. The lowest BCUT2D eigenvalue weighted by Crippen LogP contribution is -2.46. The van der Waals surface area contributed by atoms with E-state index in [1.165, 1.54) is 38.6 Å². The second kappa shape index (κ2) is 6.71. The van der Waals surface area contributed by atoms with E-state index in [-0.39, 0.29) is 5.56 Å². The van der Waals surface area contributed by atoms with Crippen molar-refractivity contribution in [2.24, 2.45) is 0 Å². The smallest absolute Gasteiger partial charge is 0.392 e. The van der Waals surface area contributed by atoms with Crippen LogP contribution in [0.15, 0.2) is 54.9 Å². The van der Waals surface area contributed by atoms with Crippen molar-refractivity contribution in [1.82, 2.24) is 4.98 Å². The Hall–Kier alpha value is -2.89. The highest BCUT2D eigenvalue weighted by molar-refractivity contribution is 5.92. The lowest BCUT2D eigenvalue weighted by molar-refractivity contribution is -0.192. The van der Waals surface area contributed by atoms with Crippen LogP contribution in [-0.2, 0) is 14.3 Å². The summed E-state index contributed by atoms with van der Waals surface area (Å²) in [6.07, 6.45) is 2.90. The molecule has 114 valence electrons. The average molecular weight is 301 g/mol. The van der Waals surface area contributed by atoms with E-state index in [1.54, 1.807) is 30.3 Å². The van der Waals surface area contributed by atoms with Gasteiger partial charge in [0.15, 0.2) is 0 Å². The summed E-state index contributed by atoms with van der Waals surface area (Å²) in [6.45, 7) is 1.32. The van der Waals surface area contributed by atoms with Gasteiger partial charge in [-0.05, 0) is 24.3 Å². The molecular formula is C16H15NO5. The summed E-state index contributed by atoms with van der Waals surface area (Å²) in [5, 5.41) is 0. The molecule has 6 nitrogen and oxygen atoms in total. The Morgan fingerprint density at radius 1 is 1.05 bits per heavy atom. The molecule has 1 aromatic carbocycles. The van der Waals surface area contributed by atoms with Crippen LogP contribution in [0.4, 0.5) is 0 Å². The summed E-state index contributed by atoms with van der Waals surface area (Å²) >= 11 is 0. The maximum atomic E-state index is 12.1. The zero-order chi connectivity index (χ0) is 16.0. The first-order valence-corrected chi connectivity index (χ1v) is 6.51. The summed E-state index contributed by atoms with van der Waals surface area (Å²) in [5.74, 6) is -3.06. The first kappa shape index (κ1) is 15.5. The predicted octanol–water partition coefficient (Wildman–Crippen LogP) is 2.21. The molecule has 0 saturated carbocycles. The number of rotatable bonds is 5. The SMILES string of the molecule is COC(=O)C(C)(OC(=O)c1ccncc1)Oc1ccccc1. The van der Waals surface area contributed by atoms with Crippen molar-refractivity contribution in [2.45, 2.75) is 12.7 Å². The van der Waals surface area contributed by atoms with Gasteiger partial charge >= 0.3 is 17.7 Å². The Kier molecular flexibility index (Phi) is 4.73. The van der Waals surface area contributed by atoms with Gasteiger partial charge in [0.25, 0.3) is 0 Å². The number of esters is 2. The molecule has 0 spiro atoms. The van der Waals surface area contributed by atoms with Crippen LogP contribution in [0.3, 0.4) is 0 Å². The highest BCUT2D eigenvalue weighted by Crippen LogP contribution is 2.22. The number of para-hydroxylation sites is 1. The van der Waals surface area contributed by atoms with Crippen molar-refractivity contribution >= 4 is 11.9 Å². The van der Waals surface area contributed by atoms with E-state index >= 15 is 0 Å². The van der Waals surface area contributed by atoms with Crippen LogP contribution in [0.5, 0.6) is 5.75 Å². The van der Waals surface area contributed by atoms with E-state index in [1.807, 2.05) is 0 Å². The van der Waals surface area contributed by atoms with Crippen molar-refractivity contribution < 1.29 is 23.8 Å². The van der Waals surface area contributed by atoms with Crippen molar-refractivity contribution in [1.29, 1.82) is 0 Å². The van der Waals surface area contributed by atoms with Gasteiger partial charge in [0.1, 0.15) is 5.75 Å². The fraction of sp³-hybridized carbons (Fsp3) is 0.188. The van der Waals surface area contributed by atoms with E-state index in [0.717, 1.165) is 0 Å².